The van der Waals surface area contributed by atoms with Crippen LogP contribution in [0.4, 0.5) is 11.4 Å². The Balaban J connectivity index is 2.11. The predicted molar refractivity (Wildman–Crippen MR) is 89.3 cm³/mol. The standard InChI is InChI=1S/C17H17ClN2O2/c1-11(2)16(21)19-14-7-3-5-12(9-14)17(22)20-15-8-4-6-13(18)10-15/h3-11H,1-2H3,(H,19,21)(H,20,22). The van der Waals surface area contributed by atoms with Crippen LogP contribution < -0.4 is 10.6 Å². The first-order valence-electron chi connectivity index (χ1n) is 6.93. The lowest BCUT2D eigenvalue weighted by molar-refractivity contribution is -0.118. The Hall–Kier alpha value is -2.33. The summed E-state index contributed by atoms with van der Waals surface area (Å²) in [4.78, 5) is 23.9. The third-order valence-corrected chi connectivity index (χ3v) is 3.23. The average molecular weight is 317 g/mol. The third kappa shape index (κ3) is 4.33. The van der Waals surface area contributed by atoms with Crippen LogP contribution in [0.1, 0.15) is 24.2 Å². The van der Waals surface area contributed by atoms with E-state index in [1.807, 2.05) is 13.8 Å². The van der Waals surface area contributed by atoms with Crippen molar-refractivity contribution in [3.63, 3.8) is 0 Å². The predicted octanol–water partition coefficient (Wildman–Crippen LogP) is 4.19. The van der Waals surface area contributed by atoms with Crippen molar-refractivity contribution in [2.75, 3.05) is 10.6 Å². The second-order valence-electron chi connectivity index (χ2n) is 5.19. The second-order valence-corrected chi connectivity index (χ2v) is 5.63. The van der Waals surface area contributed by atoms with E-state index in [0.717, 1.165) is 0 Å². The molecule has 2 rings (SSSR count). The van der Waals surface area contributed by atoms with Gasteiger partial charge in [-0.05, 0) is 36.4 Å². The Morgan fingerprint density at radius 1 is 0.955 bits per heavy atom. The molecule has 5 heteroatoms. The summed E-state index contributed by atoms with van der Waals surface area (Å²) >= 11 is 5.89. The van der Waals surface area contributed by atoms with E-state index in [-0.39, 0.29) is 17.7 Å². The number of hydrogen-bond donors (Lipinski definition) is 2. The molecule has 0 aliphatic rings. The van der Waals surface area contributed by atoms with Gasteiger partial charge in [0.25, 0.3) is 5.91 Å². The minimum atomic E-state index is -0.261. The Bertz CT molecular complexity index is 699. The number of amides is 2. The number of nitrogens with one attached hydrogen (secondary N) is 2. The van der Waals surface area contributed by atoms with Gasteiger partial charge < -0.3 is 10.6 Å². The van der Waals surface area contributed by atoms with Gasteiger partial charge >= 0.3 is 0 Å². The normalized spacial score (nSPS) is 10.4. The fourth-order valence-electron chi connectivity index (χ4n) is 1.79. The fraction of sp³-hybridized carbons (Fsp3) is 0.176. The Morgan fingerprint density at radius 2 is 1.59 bits per heavy atom. The molecule has 114 valence electrons. The average Bonchev–Trinajstić information content (AvgIpc) is 2.47. The van der Waals surface area contributed by atoms with Crippen molar-refractivity contribution < 1.29 is 9.59 Å². The highest BCUT2D eigenvalue weighted by molar-refractivity contribution is 6.31. The maximum absolute atomic E-state index is 12.2. The summed E-state index contributed by atoms with van der Waals surface area (Å²) in [7, 11) is 0. The number of carbonyl (C=O) groups excluding carboxylic acids is 2. The molecule has 0 saturated carbocycles. The van der Waals surface area contributed by atoms with E-state index in [9.17, 15) is 9.59 Å². The van der Waals surface area contributed by atoms with Crippen molar-refractivity contribution in [2.24, 2.45) is 5.92 Å². The molecule has 0 spiro atoms. The third-order valence-electron chi connectivity index (χ3n) is 3.00. The zero-order valence-electron chi connectivity index (χ0n) is 12.4. The largest absolute Gasteiger partial charge is 0.326 e. The number of halogens is 1. The lowest BCUT2D eigenvalue weighted by atomic mass is 10.1. The highest BCUT2D eigenvalue weighted by atomic mass is 35.5. The lowest BCUT2D eigenvalue weighted by Crippen LogP contribution is -2.18. The molecule has 0 aromatic heterocycles. The molecule has 0 heterocycles. The molecule has 2 amide bonds. The summed E-state index contributed by atoms with van der Waals surface area (Å²) in [5.74, 6) is -0.473. The molecular weight excluding hydrogens is 300 g/mol. The molecule has 0 radical (unpaired) electrons. The van der Waals surface area contributed by atoms with Gasteiger partial charge in [-0.25, -0.2) is 0 Å². The highest BCUT2D eigenvalue weighted by Crippen LogP contribution is 2.17. The minimum absolute atomic E-state index is 0.0904. The maximum Gasteiger partial charge on any atom is 0.255 e. The number of rotatable bonds is 4. The van der Waals surface area contributed by atoms with Crippen molar-refractivity contribution in [3.8, 4) is 0 Å². The van der Waals surface area contributed by atoms with Gasteiger partial charge in [0, 0.05) is 27.9 Å². The lowest BCUT2D eigenvalue weighted by Gasteiger charge is -2.10. The summed E-state index contributed by atoms with van der Waals surface area (Å²) in [5.41, 5.74) is 1.67. The Kier molecular flexibility index (Phi) is 5.17. The first-order chi connectivity index (χ1) is 10.5. The van der Waals surface area contributed by atoms with Crippen LogP contribution >= 0.6 is 11.6 Å². The van der Waals surface area contributed by atoms with Crippen LogP contribution in [0.3, 0.4) is 0 Å². The first kappa shape index (κ1) is 16.0. The molecule has 0 unspecified atom stereocenters. The van der Waals surface area contributed by atoms with E-state index in [1.54, 1.807) is 48.5 Å². The Labute approximate surface area is 134 Å². The molecule has 0 bridgehead atoms. The van der Waals surface area contributed by atoms with Crippen molar-refractivity contribution in [1.82, 2.24) is 0 Å². The van der Waals surface area contributed by atoms with Crippen LogP contribution in [0.5, 0.6) is 0 Å². The van der Waals surface area contributed by atoms with Gasteiger partial charge in [0.2, 0.25) is 5.91 Å². The molecule has 2 N–H and O–H groups in total. The van der Waals surface area contributed by atoms with Gasteiger partial charge in [0.05, 0.1) is 0 Å². The van der Waals surface area contributed by atoms with Gasteiger partial charge in [-0.3, -0.25) is 9.59 Å². The van der Waals surface area contributed by atoms with Crippen molar-refractivity contribution in [3.05, 3.63) is 59.1 Å². The van der Waals surface area contributed by atoms with E-state index in [2.05, 4.69) is 10.6 Å². The van der Waals surface area contributed by atoms with Crippen molar-refractivity contribution in [1.29, 1.82) is 0 Å². The summed E-state index contributed by atoms with van der Waals surface area (Å²) in [6.07, 6.45) is 0. The first-order valence-corrected chi connectivity index (χ1v) is 7.31. The smallest absolute Gasteiger partial charge is 0.255 e. The summed E-state index contributed by atoms with van der Waals surface area (Å²) < 4.78 is 0. The van der Waals surface area contributed by atoms with Gasteiger partial charge in [0.15, 0.2) is 0 Å². The van der Waals surface area contributed by atoms with Crippen LogP contribution in [0, 0.1) is 5.92 Å². The van der Waals surface area contributed by atoms with Crippen LogP contribution in [0.15, 0.2) is 48.5 Å². The van der Waals surface area contributed by atoms with Gasteiger partial charge in [0.1, 0.15) is 0 Å². The molecule has 2 aromatic rings. The molecule has 22 heavy (non-hydrogen) atoms. The van der Waals surface area contributed by atoms with E-state index in [1.165, 1.54) is 0 Å². The van der Waals surface area contributed by atoms with Gasteiger partial charge in [-0.2, -0.15) is 0 Å². The molecule has 0 aliphatic carbocycles. The molecule has 0 fully saturated rings. The van der Waals surface area contributed by atoms with Crippen LogP contribution in [0.2, 0.25) is 5.02 Å². The van der Waals surface area contributed by atoms with E-state index in [0.29, 0.717) is 22.0 Å². The van der Waals surface area contributed by atoms with Crippen LogP contribution in [-0.4, -0.2) is 11.8 Å². The fourth-order valence-corrected chi connectivity index (χ4v) is 1.98. The topological polar surface area (TPSA) is 58.2 Å². The molecular formula is C17H17ClN2O2. The zero-order chi connectivity index (χ0) is 16.1. The maximum atomic E-state index is 12.2. The van der Waals surface area contributed by atoms with Crippen LogP contribution in [0.25, 0.3) is 0 Å². The van der Waals surface area contributed by atoms with Gasteiger partial charge in [-0.15, -0.1) is 0 Å². The van der Waals surface area contributed by atoms with Crippen LogP contribution in [-0.2, 0) is 4.79 Å². The molecule has 0 atom stereocenters. The molecule has 4 nitrogen and oxygen atoms in total. The number of benzene rings is 2. The summed E-state index contributed by atoms with van der Waals surface area (Å²) in [5, 5.41) is 6.09. The van der Waals surface area contributed by atoms with Crippen molar-refractivity contribution in [2.45, 2.75) is 13.8 Å². The minimum Gasteiger partial charge on any atom is -0.326 e. The summed E-state index contributed by atoms with van der Waals surface area (Å²) in [6.45, 7) is 3.62. The number of carbonyl (C=O) groups is 2. The summed E-state index contributed by atoms with van der Waals surface area (Å²) in [6, 6.07) is 13.7. The highest BCUT2D eigenvalue weighted by Gasteiger charge is 2.10. The second kappa shape index (κ2) is 7.09. The number of hydrogen-bond acceptors (Lipinski definition) is 2. The van der Waals surface area contributed by atoms with Crippen molar-refractivity contribution >= 4 is 34.8 Å². The molecule has 0 saturated heterocycles. The Morgan fingerprint density at radius 3 is 2.23 bits per heavy atom. The monoisotopic (exact) mass is 316 g/mol. The van der Waals surface area contributed by atoms with Gasteiger partial charge in [-0.1, -0.05) is 37.6 Å². The molecule has 2 aromatic carbocycles. The van der Waals surface area contributed by atoms with E-state index < -0.39 is 0 Å². The van der Waals surface area contributed by atoms with E-state index >= 15 is 0 Å². The quantitative estimate of drug-likeness (QED) is 0.888. The van der Waals surface area contributed by atoms with E-state index in [4.69, 9.17) is 11.6 Å². The SMILES string of the molecule is CC(C)C(=O)Nc1cccc(C(=O)Nc2cccc(Cl)c2)c1. The zero-order valence-corrected chi connectivity index (χ0v) is 13.1. The molecule has 0 aliphatic heterocycles. The number of anilines is 2.